The van der Waals surface area contributed by atoms with Gasteiger partial charge in [0.2, 0.25) is 6.29 Å². The van der Waals surface area contributed by atoms with E-state index in [0.717, 1.165) is 46.6 Å². The van der Waals surface area contributed by atoms with Crippen molar-refractivity contribution < 1.29 is 56.9 Å². The van der Waals surface area contributed by atoms with Crippen molar-refractivity contribution in [1.82, 2.24) is 10.3 Å². The topological polar surface area (TPSA) is 169 Å². The average Bonchev–Trinajstić information content (AvgIpc) is 3.91. The van der Waals surface area contributed by atoms with Crippen molar-refractivity contribution in [2.75, 3.05) is 19.6 Å². The number of hydrogen-bond donors (Lipinski definition) is 2. The van der Waals surface area contributed by atoms with Gasteiger partial charge in [-0.15, -0.1) is 0 Å². The van der Waals surface area contributed by atoms with Crippen molar-refractivity contribution in [3.8, 4) is 5.75 Å². The third kappa shape index (κ3) is 10.0. The number of benzene rings is 3. The van der Waals surface area contributed by atoms with Crippen LogP contribution in [0.2, 0.25) is 0 Å². The van der Waals surface area contributed by atoms with Crippen LogP contribution < -0.4 is 10.1 Å². The molecule has 61 heavy (non-hydrogen) atoms. The number of rotatable bonds is 14. The first-order chi connectivity index (χ1) is 29.2. The summed E-state index contributed by atoms with van der Waals surface area (Å²) in [5.41, 5.74) is -0.175. The van der Waals surface area contributed by atoms with Crippen LogP contribution in [-0.4, -0.2) is 89.3 Å². The molecule has 3 unspecified atom stereocenters. The van der Waals surface area contributed by atoms with Crippen LogP contribution in [0, 0.1) is 0 Å². The van der Waals surface area contributed by atoms with Crippen LogP contribution in [0.4, 0.5) is 9.59 Å². The van der Waals surface area contributed by atoms with Gasteiger partial charge in [0.25, 0.3) is 5.60 Å². The summed E-state index contributed by atoms with van der Waals surface area (Å²) in [7, 11) is 0. The summed E-state index contributed by atoms with van der Waals surface area (Å²) in [6.07, 6.45) is 4.33. The zero-order valence-electron chi connectivity index (χ0n) is 35.3. The Hall–Kier alpha value is -5.89. The van der Waals surface area contributed by atoms with Crippen LogP contribution in [0.15, 0.2) is 85.1 Å². The molecule has 2 N–H and O–H groups in total. The summed E-state index contributed by atoms with van der Waals surface area (Å²) in [6.45, 7) is 9.41. The molecule has 1 aromatic heterocycles. The number of amides is 1. The lowest BCUT2D eigenvalue weighted by atomic mass is 9.85. The highest BCUT2D eigenvalue weighted by Crippen LogP contribution is 2.47. The molecule has 3 aliphatic rings. The van der Waals surface area contributed by atoms with Gasteiger partial charge >= 0.3 is 30.2 Å². The standard InChI is InChI=1S/C47H55N3O11/c1-31(56-41(51)21-22-42(52)58-37-19-20-40-39(29-37)32(30-49-40)23-24-48-44(54)60-46(2,3)4)57-45(55)61-47(33-13-7-5-8-14-33,34-15-9-6-10-16-34)43(53)59-38-27-35-17-18-36(28-38)50(35)25-11-12-26-50/h5-10,13-16,19-20,29-31,35-36,38,49H,11-12,17-18,21-28H2,1-4H3/p+1. The lowest BCUT2D eigenvalue weighted by Gasteiger charge is -2.47. The van der Waals surface area contributed by atoms with Gasteiger partial charge in [-0.3, -0.25) is 9.59 Å². The van der Waals surface area contributed by atoms with Crippen molar-refractivity contribution in [2.45, 2.75) is 121 Å². The van der Waals surface area contributed by atoms with Gasteiger partial charge in [0.1, 0.15) is 17.5 Å². The van der Waals surface area contributed by atoms with Gasteiger partial charge < -0.3 is 43.2 Å². The Balaban J connectivity index is 0.944. The van der Waals surface area contributed by atoms with E-state index in [0.29, 0.717) is 36.2 Å². The molecule has 3 atom stereocenters. The maximum atomic E-state index is 14.6. The second-order valence-electron chi connectivity index (χ2n) is 17.3. The van der Waals surface area contributed by atoms with E-state index in [2.05, 4.69) is 10.3 Å². The molecule has 324 valence electrons. The molecule has 3 saturated heterocycles. The zero-order chi connectivity index (χ0) is 43.2. The van der Waals surface area contributed by atoms with Crippen LogP contribution in [0.1, 0.15) is 95.8 Å². The highest BCUT2D eigenvalue weighted by Gasteiger charge is 2.57. The molecule has 7 rings (SSSR count). The number of hydrogen-bond acceptors (Lipinski definition) is 11. The quantitative estimate of drug-likeness (QED) is 0.0419. The number of alkyl carbamates (subject to hydrolysis) is 1. The maximum Gasteiger partial charge on any atom is 0.513 e. The largest absolute Gasteiger partial charge is 0.513 e. The number of nitrogens with one attached hydrogen (secondary N) is 2. The fraction of sp³-hybridized carbons (Fsp3) is 0.468. The van der Waals surface area contributed by atoms with Gasteiger partial charge in [-0.2, -0.15) is 0 Å². The van der Waals surface area contributed by atoms with Crippen LogP contribution >= 0.6 is 0 Å². The Morgan fingerprint density at radius 3 is 2.05 bits per heavy atom. The molecule has 14 nitrogen and oxygen atoms in total. The summed E-state index contributed by atoms with van der Waals surface area (Å²) in [6, 6.07) is 23.4. The first-order valence-electron chi connectivity index (χ1n) is 21.3. The lowest BCUT2D eigenvalue weighted by Crippen LogP contribution is -2.60. The molecule has 0 radical (unpaired) electrons. The van der Waals surface area contributed by atoms with Crippen molar-refractivity contribution in [2.24, 2.45) is 0 Å². The van der Waals surface area contributed by atoms with Crippen molar-refractivity contribution in [1.29, 1.82) is 0 Å². The number of piperidine rings is 1. The number of H-pyrrole nitrogens is 1. The zero-order valence-corrected chi connectivity index (χ0v) is 35.3. The Kier molecular flexibility index (Phi) is 13.0. The lowest BCUT2D eigenvalue weighted by molar-refractivity contribution is -0.956. The number of quaternary nitrogens is 1. The average molecular weight is 839 g/mol. The number of carbonyl (C=O) groups excluding carboxylic acids is 5. The van der Waals surface area contributed by atoms with Crippen LogP contribution in [-0.2, 0) is 50.1 Å². The first kappa shape index (κ1) is 43.2. The minimum absolute atomic E-state index is 0.276. The molecule has 0 saturated carbocycles. The van der Waals surface area contributed by atoms with Gasteiger partial charge in [0.15, 0.2) is 0 Å². The summed E-state index contributed by atoms with van der Waals surface area (Å²) < 4.78 is 35.1. The van der Waals surface area contributed by atoms with E-state index in [4.69, 9.17) is 28.4 Å². The van der Waals surface area contributed by atoms with Gasteiger partial charge in [-0.1, -0.05) is 60.7 Å². The third-order valence-electron chi connectivity index (χ3n) is 12.0. The predicted molar refractivity (Wildman–Crippen MR) is 223 cm³/mol. The van der Waals surface area contributed by atoms with E-state index in [1.807, 2.05) is 6.20 Å². The Labute approximate surface area is 355 Å². The summed E-state index contributed by atoms with van der Waals surface area (Å²) in [5, 5.41) is 3.54. The highest BCUT2D eigenvalue weighted by atomic mass is 16.8. The Morgan fingerprint density at radius 1 is 0.803 bits per heavy atom. The maximum absolute atomic E-state index is 14.6. The number of nitrogens with zero attached hydrogens (tertiary/aromatic N) is 1. The fourth-order valence-corrected chi connectivity index (χ4v) is 9.43. The molecule has 4 heterocycles. The minimum Gasteiger partial charge on any atom is -0.458 e. The number of fused-ring (bicyclic) bond motifs is 1. The normalized spacial score (nSPS) is 19.8. The molecule has 0 aliphatic carbocycles. The second kappa shape index (κ2) is 18.4. The van der Waals surface area contributed by atoms with E-state index in [1.54, 1.807) is 99.6 Å². The van der Waals surface area contributed by atoms with E-state index in [9.17, 15) is 24.0 Å². The molecule has 3 fully saturated rings. The number of carbonyl (C=O) groups is 5. The van der Waals surface area contributed by atoms with Crippen molar-refractivity contribution in [3.63, 3.8) is 0 Å². The molecule has 4 aromatic rings. The molecular formula is C47H56N3O11+. The van der Waals surface area contributed by atoms with Crippen molar-refractivity contribution >= 4 is 41.1 Å². The van der Waals surface area contributed by atoms with E-state index >= 15 is 0 Å². The molecular weight excluding hydrogens is 783 g/mol. The van der Waals surface area contributed by atoms with Gasteiger partial charge in [-0.05, 0) is 51.0 Å². The smallest absolute Gasteiger partial charge is 0.458 e. The van der Waals surface area contributed by atoms with Crippen LogP contribution in [0.25, 0.3) is 10.9 Å². The van der Waals surface area contributed by atoms with E-state index in [-0.39, 0.29) is 24.7 Å². The molecule has 1 amide bonds. The molecule has 14 heteroatoms. The summed E-state index contributed by atoms with van der Waals surface area (Å²) >= 11 is 0. The van der Waals surface area contributed by atoms with Gasteiger partial charge in [-0.25, -0.2) is 14.4 Å². The molecule has 3 aliphatic heterocycles. The second-order valence-corrected chi connectivity index (χ2v) is 17.3. The monoisotopic (exact) mass is 838 g/mol. The third-order valence-corrected chi connectivity index (χ3v) is 12.0. The van der Waals surface area contributed by atoms with Crippen LogP contribution in [0.3, 0.4) is 0 Å². The van der Waals surface area contributed by atoms with Gasteiger partial charge in [0.05, 0.1) is 38.0 Å². The van der Waals surface area contributed by atoms with E-state index in [1.165, 1.54) is 32.9 Å². The summed E-state index contributed by atoms with van der Waals surface area (Å²) in [4.78, 5) is 69.1. The van der Waals surface area contributed by atoms with Crippen LogP contribution in [0.5, 0.6) is 5.75 Å². The van der Waals surface area contributed by atoms with Crippen molar-refractivity contribution in [3.05, 3.63) is 102 Å². The number of esters is 3. The fourth-order valence-electron chi connectivity index (χ4n) is 9.43. The summed E-state index contributed by atoms with van der Waals surface area (Å²) in [5.74, 6) is -1.95. The number of ether oxygens (including phenoxy) is 6. The Morgan fingerprint density at radius 2 is 1.43 bits per heavy atom. The Bertz CT molecular complexity index is 2140. The highest BCUT2D eigenvalue weighted by molar-refractivity contribution is 5.88. The van der Waals surface area contributed by atoms with E-state index < -0.39 is 47.6 Å². The first-order valence-corrected chi connectivity index (χ1v) is 21.3. The predicted octanol–water partition coefficient (Wildman–Crippen LogP) is 7.75. The molecule has 3 aromatic carbocycles. The minimum atomic E-state index is -2.02. The number of aromatic amines is 1. The molecule has 1 spiro atoms. The van der Waals surface area contributed by atoms with Gasteiger partial charge in [0, 0.05) is 80.2 Å². The SMILES string of the molecule is CC(OC(=O)CCC(=O)Oc1ccc2[nH]cc(CCNC(=O)OC(C)(C)C)c2c1)OC(=O)OC(C(=O)OC1CC2CCC(C1)[N+]21CCCC1)(c1ccccc1)c1ccccc1. The number of aromatic nitrogens is 1. The molecule has 2 bridgehead atoms.